The van der Waals surface area contributed by atoms with E-state index in [0.717, 1.165) is 0 Å². The van der Waals surface area contributed by atoms with Crippen molar-refractivity contribution in [3.8, 4) is 0 Å². The predicted molar refractivity (Wildman–Crippen MR) is 55.4 cm³/mol. The number of hydrogen-bond donors (Lipinski definition) is 2. The van der Waals surface area contributed by atoms with Crippen LogP contribution in [-0.4, -0.2) is 19.0 Å². The molecule has 0 saturated carbocycles. The Labute approximate surface area is 83.6 Å². The Bertz CT molecular complexity index is 230. The van der Waals surface area contributed by atoms with E-state index in [9.17, 15) is 4.79 Å². The first kappa shape index (κ1) is 12.2. The third-order valence-corrected chi connectivity index (χ3v) is 1.48. The van der Waals surface area contributed by atoms with Crippen molar-refractivity contribution < 1.29 is 4.79 Å². The van der Waals surface area contributed by atoms with Gasteiger partial charge in [-0.25, -0.2) is 0 Å². The van der Waals surface area contributed by atoms with Crippen LogP contribution in [0.15, 0.2) is 22.8 Å². The summed E-state index contributed by atoms with van der Waals surface area (Å²) in [5.74, 6) is -0.111. The van der Waals surface area contributed by atoms with E-state index < -0.39 is 0 Å². The van der Waals surface area contributed by atoms with Crippen molar-refractivity contribution in [2.75, 3.05) is 13.1 Å². The Kier molecular flexibility index (Phi) is 6.28. The Morgan fingerprint density at radius 1 is 1.46 bits per heavy atom. The molecule has 1 amide bonds. The van der Waals surface area contributed by atoms with Crippen molar-refractivity contribution in [3.63, 3.8) is 0 Å². The molecule has 0 aliphatic heterocycles. The normalized spacial score (nSPS) is 12.9. The Hall–Kier alpha value is -0.800. The van der Waals surface area contributed by atoms with Crippen LogP contribution in [-0.2, 0) is 4.79 Å². The molecule has 0 fully saturated rings. The standard InChI is InChI=1S/C9H15ClN2O/c1-7(3-4-8(2)10)9(13)12-6-5-11/h3-4H,5-6,11H2,1-2H3,(H,12,13). The number of nitrogens with two attached hydrogens (primary N) is 1. The van der Waals surface area contributed by atoms with Gasteiger partial charge >= 0.3 is 0 Å². The molecule has 3 nitrogen and oxygen atoms in total. The quantitative estimate of drug-likeness (QED) is 0.531. The van der Waals surface area contributed by atoms with E-state index in [1.807, 2.05) is 0 Å². The summed E-state index contributed by atoms with van der Waals surface area (Å²) in [6, 6.07) is 0. The summed E-state index contributed by atoms with van der Waals surface area (Å²) in [5, 5.41) is 3.30. The summed E-state index contributed by atoms with van der Waals surface area (Å²) in [6.07, 6.45) is 3.35. The molecule has 4 heteroatoms. The highest BCUT2D eigenvalue weighted by Gasteiger charge is 2.00. The van der Waals surface area contributed by atoms with Gasteiger partial charge < -0.3 is 11.1 Å². The first-order valence-electron chi connectivity index (χ1n) is 4.07. The molecular weight excluding hydrogens is 188 g/mol. The molecule has 13 heavy (non-hydrogen) atoms. The number of carbonyl (C=O) groups is 1. The number of allylic oxidation sites excluding steroid dienone is 3. The fourth-order valence-electron chi connectivity index (χ4n) is 0.641. The van der Waals surface area contributed by atoms with E-state index in [1.54, 1.807) is 26.0 Å². The van der Waals surface area contributed by atoms with E-state index in [-0.39, 0.29) is 5.91 Å². The minimum atomic E-state index is -0.111. The van der Waals surface area contributed by atoms with Gasteiger partial charge in [0.1, 0.15) is 0 Å². The van der Waals surface area contributed by atoms with Crippen LogP contribution in [0.1, 0.15) is 13.8 Å². The predicted octanol–water partition coefficient (Wildman–Crippen LogP) is 1.15. The van der Waals surface area contributed by atoms with Gasteiger partial charge in [0.15, 0.2) is 0 Å². The topological polar surface area (TPSA) is 55.1 Å². The van der Waals surface area contributed by atoms with Crippen LogP contribution in [0.5, 0.6) is 0 Å². The highest BCUT2D eigenvalue weighted by Crippen LogP contribution is 2.00. The van der Waals surface area contributed by atoms with Gasteiger partial charge in [-0.1, -0.05) is 17.7 Å². The molecule has 0 aliphatic carbocycles. The summed E-state index contributed by atoms with van der Waals surface area (Å²) in [7, 11) is 0. The summed E-state index contributed by atoms with van der Waals surface area (Å²) in [4.78, 5) is 11.2. The lowest BCUT2D eigenvalue weighted by Gasteiger charge is -2.01. The van der Waals surface area contributed by atoms with Gasteiger partial charge in [0, 0.05) is 23.7 Å². The van der Waals surface area contributed by atoms with Crippen molar-refractivity contribution in [2.24, 2.45) is 5.73 Å². The van der Waals surface area contributed by atoms with Gasteiger partial charge in [0.2, 0.25) is 5.91 Å². The van der Waals surface area contributed by atoms with Gasteiger partial charge in [0.05, 0.1) is 0 Å². The van der Waals surface area contributed by atoms with Crippen LogP contribution in [0.3, 0.4) is 0 Å². The van der Waals surface area contributed by atoms with Crippen LogP contribution in [0, 0.1) is 0 Å². The maximum absolute atomic E-state index is 11.2. The van der Waals surface area contributed by atoms with E-state index in [2.05, 4.69) is 5.32 Å². The zero-order valence-corrected chi connectivity index (χ0v) is 8.69. The molecule has 0 saturated heterocycles. The highest BCUT2D eigenvalue weighted by atomic mass is 35.5. The molecule has 0 atom stereocenters. The van der Waals surface area contributed by atoms with Crippen molar-refractivity contribution in [1.29, 1.82) is 0 Å². The van der Waals surface area contributed by atoms with Crippen LogP contribution >= 0.6 is 11.6 Å². The maximum atomic E-state index is 11.2. The second-order valence-corrected chi connectivity index (χ2v) is 3.24. The lowest BCUT2D eigenvalue weighted by Crippen LogP contribution is -2.29. The second kappa shape index (κ2) is 6.69. The molecule has 0 spiro atoms. The van der Waals surface area contributed by atoms with Gasteiger partial charge in [-0.3, -0.25) is 4.79 Å². The molecule has 0 aliphatic rings. The monoisotopic (exact) mass is 202 g/mol. The van der Waals surface area contributed by atoms with Gasteiger partial charge in [-0.05, 0) is 19.9 Å². The molecule has 0 rings (SSSR count). The Morgan fingerprint density at radius 2 is 2.08 bits per heavy atom. The molecule has 74 valence electrons. The van der Waals surface area contributed by atoms with E-state index in [4.69, 9.17) is 17.3 Å². The van der Waals surface area contributed by atoms with Crippen molar-refractivity contribution in [1.82, 2.24) is 5.32 Å². The van der Waals surface area contributed by atoms with E-state index in [1.165, 1.54) is 0 Å². The molecule has 0 unspecified atom stereocenters. The third-order valence-electron chi connectivity index (χ3n) is 1.35. The van der Waals surface area contributed by atoms with Gasteiger partial charge in [-0.15, -0.1) is 0 Å². The molecule has 0 aromatic heterocycles. The zero-order valence-electron chi connectivity index (χ0n) is 7.93. The molecule has 0 aromatic rings. The number of amides is 1. The van der Waals surface area contributed by atoms with Gasteiger partial charge in [-0.2, -0.15) is 0 Å². The fraction of sp³-hybridized carbons (Fsp3) is 0.444. The van der Waals surface area contributed by atoms with E-state index >= 15 is 0 Å². The number of halogens is 1. The average Bonchev–Trinajstić information content (AvgIpc) is 2.10. The number of nitrogens with one attached hydrogen (secondary N) is 1. The molecule has 0 radical (unpaired) electrons. The minimum Gasteiger partial charge on any atom is -0.351 e. The lowest BCUT2D eigenvalue weighted by atomic mass is 10.2. The summed E-state index contributed by atoms with van der Waals surface area (Å²) in [6.45, 7) is 4.42. The van der Waals surface area contributed by atoms with Crippen LogP contribution in [0.2, 0.25) is 0 Å². The average molecular weight is 203 g/mol. The summed E-state index contributed by atoms with van der Waals surface area (Å²) in [5.41, 5.74) is 5.85. The van der Waals surface area contributed by atoms with Crippen molar-refractivity contribution in [2.45, 2.75) is 13.8 Å². The highest BCUT2D eigenvalue weighted by molar-refractivity contribution is 6.29. The Balaban J connectivity index is 4.09. The summed E-state index contributed by atoms with van der Waals surface area (Å²) < 4.78 is 0. The largest absolute Gasteiger partial charge is 0.351 e. The third kappa shape index (κ3) is 6.37. The first-order chi connectivity index (χ1) is 6.07. The molecule has 0 heterocycles. The second-order valence-electron chi connectivity index (χ2n) is 2.65. The number of hydrogen-bond acceptors (Lipinski definition) is 2. The lowest BCUT2D eigenvalue weighted by molar-refractivity contribution is -0.117. The fourth-order valence-corrected chi connectivity index (χ4v) is 0.704. The van der Waals surface area contributed by atoms with Crippen LogP contribution < -0.4 is 11.1 Å². The number of carbonyl (C=O) groups excluding carboxylic acids is 1. The van der Waals surface area contributed by atoms with Crippen LogP contribution in [0.25, 0.3) is 0 Å². The van der Waals surface area contributed by atoms with E-state index in [0.29, 0.717) is 23.7 Å². The molecular formula is C9H15ClN2O. The maximum Gasteiger partial charge on any atom is 0.246 e. The summed E-state index contributed by atoms with van der Waals surface area (Å²) >= 11 is 5.60. The van der Waals surface area contributed by atoms with Crippen molar-refractivity contribution in [3.05, 3.63) is 22.8 Å². The number of rotatable bonds is 4. The minimum absolute atomic E-state index is 0.111. The van der Waals surface area contributed by atoms with Gasteiger partial charge in [0.25, 0.3) is 0 Å². The zero-order chi connectivity index (χ0) is 10.3. The molecule has 0 aromatic carbocycles. The van der Waals surface area contributed by atoms with Crippen LogP contribution in [0.4, 0.5) is 0 Å². The van der Waals surface area contributed by atoms with Crippen molar-refractivity contribution >= 4 is 17.5 Å². The molecule has 0 bridgehead atoms. The Morgan fingerprint density at radius 3 is 2.54 bits per heavy atom. The first-order valence-corrected chi connectivity index (χ1v) is 4.44. The molecule has 3 N–H and O–H groups in total. The smallest absolute Gasteiger partial charge is 0.246 e. The SMILES string of the molecule is CC(Cl)=CC=C(C)C(=O)NCCN.